The molecule has 0 unspecified atom stereocenters. The Kier molecular flexibility index (Phi) is 3.64. The van der Waals surface area contributed by atoms with Gasteiger partial charge in [0.15, 0.2) is 5.65 Å². The fourth-order valence-corrected chi connectivity index (χ4v) is 2.53. The minimum atomic E-state index is -1.05. The fraction of sp³-hybridized carbons (Fsp3) is 0.0714. The van der Waals surface area contributed by atoms with Crippen molar-refractivity contribution in [3.05, 3.63) is 46.1 Å². The standard InChI is InChI=1S/C14H10Cl2N4O2/c1-20-12-10(5-7(6-17-12)13(21)22)18-14(20)19-11-8(15)3-2-4-9(11)16/h2-6H,1H3,(H,18,19)(H,21,22). The maximum Gasteiger partial charge on any atom is 0.337 e. The van der Waals surface area contributed by atoms with Crippen LogP contribution in [0, 0.1) is 0 Å². The first-order valence-corrected chi connectivity index (χ1v) is 7.00. The number of imidazole rings is 1. The Labute approximate surface area is 135 Å². The van der Waals surface area contributed by atoms with Crippen LogP contribution < -0.4 is 5.32 Å². The van der Waals surface area contributed by atoms with Gasteiger partial charge in [0.25, 0.3) is 0 Å². The second-order valence-corrected chi connectivity index (χ2v) is 5.40. The maximum atomic E-state index is 11.0. The van der Waals surface area contributed by atoms with E-state index in [4.69, 9.17) is 28.3 Å². The first-order chi connectivity index (χ1) is 10.5. The van der Waals surface area contributed by atoms with E-state index in [0.717, 1.165) is 0 Å². The summed E-state index contributed by atoms with van der Waals surface area (Å²) in [5.74, 6) is -0.594. The van der Waals surface area contributed by atoms with Gasteiger partial charge in [0.2, 0.25) is 5.95 Å². The molecule has 112 valence electrons. The molecule has 0 atom stereocenters. The molecule has 0 amide bonds. The molecule has 2 heterocycles. The highest BCUT2D eigenvalue weighted by atomic mass is 35.5. The third kappa shape index (κ3) is 2.47. The minimum Gasteiger partial charge on any atom is -0.478 e. The predicted molar refractivity (Wildman–Crippen MR) is 85.2 cm³/mol. The summed E-state index contributed by atoms with van der Waals surface area (Å²) in [5.41, 5.74) is 1.62. The Balaban J connectivity index is 2.08. The molecule has 0 saturated heterocycles. The number of para-hydroxylation sites is 1. The van der Waals surface area contributed by atoms with Crippen molar-refractivity contribution < 1.29 is 9.90 Å². The molecule has 0 fully saturated rings. The molecule has 1 aromatic carbocycles. The first-order valence-electron chi connectivity index (χ1n) is 6.24. The van der Waals surface area contributed by atoms with E-state index in [9.17, 15) is 4.79 Å². The normalized spacial score (nSPS) is 10.9. The number of halogens is 2. The highest BCUT2D eigenvalue weighted by molar-refractivity contribution is 6.39. The van der Waals surface area contributed by atoms with Gasteiger partial charge in [-0.05, 0) is 18.2 Å². The number of nitrogens with zero attached hydrogens (tertiary/aromatic N) is 3. The number of benzene rings is 1. The third-order valence-corrected chi connectivity index (χ3v) is 3.79. The highest BCUT2D eigenvalue weighted by Crippen LogP contribution is 2.32. The summed E-state index contributed by atoms with van der Waals surface area (Å²) in [6.07, 6.45) is 1.29. The van der Waals surface area contributed by atoms with E-state index in [2.05, 4.69) is 15.3 Å². The largest absolute Gasteiger partial charge is 0.478 e. The average molecular weight is 337 g/mol. The molecule has 0 saturated carbocycles. The lowest BCUT2D eigenvalue weighted by Gasteiger charge is -2.09. The van der Waals surface area contributed by atoms with Crippen molar-refractivity contribution >= 4 is 52.0 Å². The van der Waals surface area contributed by atoms with E-state index in [1.165, 1.54) is 12.3 Å². The number of pyridine rings is 1. The van der Waals surface area contributed by atoms with E-state index in [0.29, 0.717) is 32.8 Å². The van der Waals surface area contributed by atoms with Crippen LogP contribution in [0.1, 0.15) is 10.4 Å². The van der Waals surface area contributed by atoms with Gasteiger partial charge in [0.05, 0.1) is 21.3 Å². The van der Waals surface area contributed by atoms with Crippen molar-refractivity contribution in [2.45, 2.75) is 0 Å². The van der Waals surface area contributed by atoms with Gasteiger partial charge in [-0.1, -0.05) is 29.3 Å². The van der Waals surface area contributed by atoms with Crippen molar-refractivity contribution in [1.29, 1.82) is 0 Å². The van der Waals surface area contributed by atoms with Gasteiger partial charge >= 0.3 is 5.97 Å². The average Bonchev–Trinajstić information content (AvgIpc) is 2.79. The Morgan fingerprint density at radius 1 is 1.32 bits per heavy atom. The summed E-state index contributed by atoms with van der Waals surface area (Å²) < 4.78 is 1.70. The number of anilines is 2. The zero-order valence-corrected chi connectivity index (χ0v) is 12.9. The quantitative estimate of drug-likeness (QED) is 0.761. The fourth-order valence-electron chi connectivity index (χ4n) is 2.03. The number of hydrogen-bond acceptors (Lipinski definition) is 4. The third-order valence-electron chi connectivity index (χ3n) is 3.16. The summed E-state index contributed by atoms with van der Waals surface area (Å²) in [6, 6.07) is 6.62. The summed E-state index contributed by atoms with van der Waals surface area (Å²) >= 11 is 12.2. The number of rotatable bonds is 3. The van der Waals surface area contributed by atoms with Gasteiger partial charge in [0, 0.05) is 13.2 Å². The zero-order chi connectivity index (χ0) is 15.9. The van der Waals surface area contributed by atoms with Crippen LogP contribution in [0.3, 0.4) is 0 Å². The number of aromatic carboxylic acids is 1. The van der Waals surface area contributed by atoms with Crippen LogP contribution in [-0.2, 0) is 7.05 Å². The lowest BCUT2D eigenvalue weighted by atomic mass is 10.3. The topological polar surface area (TPSA) is 80.0 Å². The zero-order valence-electron chi connectivity index (χ0n) is 11.3. The molecule has 0 aliphatic rings. The second-order valence-electron chi connectivity index (χ2n) is 4.59. The molecule has 0 aliphatic carbocycles. The van der Waals surface area contributed by atoms with Crippen LogP contribution in [0.5, 0.6) is 0 Å². The van der Waals surface area contributed by atoms with Gasteiger partial charge in [0.1, 0.15) is 5.52 Å². The van der Waals surface area contributed by atoms with E-state index >= 15 is 0 Å². The van der Waals surface area contributed by atoms with E-state index in [1.54, 1.807) is 29.8 Å². The molecule has 3 aromatic rings. The number of carboxylic acid groups (broad SMARTS) is 1. The number of nitrogens with one attached hydrogen (secondary N) is 1. The van der Waals surface area contributed by atoms with Crippen LogP contribution in [-0.4, -0.2) is 25.6 Å². The van der Waals surface area contributed by atoms with E-state index in [1.807, 2.05) is 0 Å². The lowest BCUT2D eigenvalue weighted by Crippen LogP contribution is -2.01. The van der Waals surface area contributed by atoms with Crippen LogP contribution in [0.2, 0.25) is 10.0 Å². The molecule has 22 heavy (non-hydrogen) atoms. The molecule has 2 N–H and O–H groups in total. The second kappa shape index (κ2) is 5.47. The number of hydrogen-bond donors (Lipinski definition) is 2. The summed E-state index contributed by atoms with van der Waals surface area (Å²) in [5, 5.41) is 13.0. The molecule has 0 bridgehead atoms. The van der Waals surface area contributed by atoms with Crippen molar-refractivity contribution in [2.75, 3.05) is 5.32 Å². The highest BCUT2D eigenvalue weighted by Gasteiger charge is 2.14. The minimum absolute atomic E-state index is 0.0768. The van der Waals surface area contributed by atoms with Crippen LogP contribution in [0.25, 0.3) is 11.2 Å². The Morgan fingerprint density at radius 2 is 2.00 bits per heavy atom. The van der Waals surface area contributed by atoms with Crippen molar-refractivity contribution in [3.8, 4) is 0 Å². The van der Waals surface area contributed by atoms with Crippen LogP contribution >= 0.6 is 23.2 Å². The molecule has 3 rings (SSSR count). The van der Waals surface area contributed by atoms with Crippen LogP contribution in [0.15, 0.2) is 30.5 Å². The molecule has 6 nitrogen and oxygen atoms in total. The molecule has 0 aliphatic heterocycles. The van der Waals surface area contributed by atoms with Crippen molar-refractivity contribution in [1.82, 2.24) is 14.5 Å². The van der Waals surface area contributed by atoms with Gasteiger partial charge in [-0.2, -0.15) is 0 Å². The number of carboxylic acids is 1. The number of fused-ring (bicyclic) bond motifs is 1. The number of aryl methyl sites for hydroxylation is 1. The molecule has 0 radical (unpaired) electrons. The van der Waals surface area contributed by atoms with Gasteiger partial charge in [-0.25, -0.2) is 14.8 Å². The van der Waals surface area contributed by atoms with Crippen molar-refractivity contribution in [2.24, 2.45) is 7.05 Å². The summed E-state index contributed by atoms with van der Waals surface area (Å²) in [6.45, 7) is 0. The van der Waals surface area contributed by atoms with Gasteiger partial charge in [-0.15, -0.1) is 0 Å². The van der Waals surface area contributed by atoms with E-state index < -0.39 is 5.97 Å². The monoisotopic (exact) mass is 336 g/mol. The summed E-state index contributed by atoms with van der Waals surface area (Å²) in [4.78, 5) is 19.5. The Morgan fingerprint density at radius 3 is 2.64 bits per heavy atom. The number of carbonyl (C=O) groups is 1. The predicted octanol–water partition coefficient (Wildman–Crippen LogP) is 3.72. The van der Waals surface area contributed by atoms with Crippen molar-refractivity contribution in [3.63, 3.8) is 0 Å². The van der Waals surface area contributed by atoms with Gasteiger partial charge < -0.3 is 10.4 Å². The number of aromatic nitrogens is 3. The summed E-state index contributed by atoms with van der Waals surface area (Å²) in [7, 11) is 1.76. The first kappa shape index (κ1) is 14.6. The van der Waals surface area contributed by atoms with E-state index in [-0.39, 0.29) is 5.56 Å². The van der Waals surface area contributed by atoms with Crippen LogP contribution in [0.4, 0.5) is 11.6 Å². The molecular weight excluding hydrogens is 327 g/mol. The van der Waals surface area contributed by atoms with Gasteiger partial charge in [-0.3, -0.25) is 4.57 Å². The Hall–Kier alpha value is -2.31. The smallest absolute Gasteiger partial charge is 0.337 e. The maximum absolute atomic E-state index is 11.0. The SMILES string of the molecule is Cn1c(Nc2c(Cl)cccc2Cl)nc2cc(C(=O)O)cnc21. The molecule has 8 heteroatoms. The molecule has 0 spiro atoms. The molecular formula is C14H10Cl2N4O2. The lowest BCUT2D eigenvalue weighted by molar-refractivity contribution is 0.0696. The molecule has 2 aromatic heterocycles. The Bertz CT molecular complexity index is 872.